The van der Waals surface area contributed by atoms with Crippen molar-refractivity contribution in [2.24, 2.45) is 0 Å². The lowest BCUT2D eigenvalue weighted by molar-refractivity contribution is -0.122. The minimum absolute atomic E-state index is 0.257. The Morgan fingerprint density at radius 1 is 0.618 bits per heavy atom. The molecule has 0 saturated heterocycles. The van der Waals surface area contributed by atoms with Gasteiger partial charge in [0.05, 0.1) is 0 Å². The van der Waals surface area contributed by atoms with Crippen LogP contribution in [-0.2, 0) is 22.4 Å². The summed E-state index contributed by atoms with van der Waals surface area (Å²) >= 11 is 0. The monoisotopic (exact) mass is 460 g/mol. The van der Waals surface area contributed by atoms with Crippen molar-refractivity contribution >= 4 is 23.2 Å². The molecule has 3 rings (SSSR count). The molecular weight excluding hydrogens is 428 g/mol. The van der Waals surface area contributed by atoms with Crippen LogP contribution in [0.3, 0.4) is 0 Å². The molecule has 0 fully saturated rings. The SMILES string of the molecule is CCc1ccc(O[C@@H](C)C(=O)Nc2ccc(NC(=O)[C@@H](C)Oc3ccc(CC)cc3)cc2)cc1. The number of anilines is 2. The number of hydrogen-bond acceptors (Lipinski definition) is 4. The van der Waals surface area contributed by atoms with E-state index in [0.29, 0.717) is 22.9 Å². The Morgan fingerprint density at radius 2 is 0.941 bits per heavy atom. The molecule has 0 aliphatic rings. The van der Waals surface area contributed by atoms with E-state index in [1.165, 1.54) is 11.1 Å². The van der Waals surface area contributed by atoms with E-state index in [-0.39, 0.29) is 11.8 Å². The van der Waals surface area contributed by atoms with Crippen molar-refractivity contribution in [2.75, 3.05) is 10.6 Å². The van der Waals surface area contributed by atoms with Gasteiger partial charge in [-0.15, -0.1) is 0 Å². The van der Waals surface area contributed by atoms with Gasteiger partial charge in [-0.25, -0.2) is 0 Å². The van der Waals surface area contributed by atoms with Crippen LogP contribution in [0.25, 0.3) is 0 Å². The van der Waals surface area contributed by atoms with Crippen LogP contribution < -0.4 is 20.1 Å². The molecule has 6 nitrogen and oxygen atoms in total. The molecule has 3 aromatic carbocycles. The highest BCUT2D eigenvalue weighted by Gasteiger charge is 2.17. The largest absolute Gasteiger partial charge is 0.481 e. The standard InChI is InChI=1S/C28H32N2O4/c1-5-21-7-15-25(16-8-21)33-19(3)27(31)29-23-11-13-24(14-12-23)30-28(32)20(4)34-26-17-9-22(6-2)10-18-26/h7-20H,5-6H2,1-4H3,(H,29,31)(H,30,32)/t19-,20+. The fourth-order valence-corrected chi connectivity index (χ4v) is 3.25. The number of carbonyl (C=O) groups is 2. The number of hydrogen-bond donors (Lipinski definition) is 2. The fourth-order valence-electron chi connectivity index (χ4n) is 3.25. The second-order valence-electron chi connectivity index (χ2n) is 8.07. The molecule has 2 amide bonds. The van der Waals surface area contributed by atoms with Gasteiger partial charge in [0, 0.05) is 11.4 Å². The highest BCUT2D eigenvalue weighted by molar-refractivity contribution is 5.96. The Balaban J connectivity index is 1.49. The molecule has 0 aliphatic carbocycles. The average molecular weight is 461 g/mol. The molecule has 178 valence electrons. The lowest BCUT2D eigenvalue weighted by Gasteiger charge is -2.16. The molecule has 0 spiro atoms. The maximum atomic E-state index is 12.5. The quantitative estimate of drug-likeness (QED) is 0.411. The number of ether oxygens (including phenoxy) is 2. The van der Waals surface area contributed by atoms with Crippen molar-refractivity contribution in [3.8, 4) is 11.5 Å². The van der Waals surface area contributed by atoms with E-state index >= 15 is 0 Å². The number of carbonyl (C=O) groups excluding carboxylic acids is 2. The third-order valence-corrected chi connectivity index (χ3v) is 5.45. The minimum atomic E-state index is -0.656. The smallest absolute Gasteiger partial charge is 0.265 e. The van der Waals surface area contributed by atoms with Crippen molar-refractivity contribution in [2.45, 2.75) is 52.7 Å². The highest BCUT2D eigenvalue weighted by atomic mass is 16.5. The van der Waals surface area contributed by atoms with E-state index in [1.54, 1.807) is 38.1 Å². The molecule has 6 heteroatoms. The molecule has 0 aliphatic heterocycles. The van der Waals surface area contributed by atoms with E-state index in [0.717, 1.165) is 12.8 Å². The third-order valence-electron chi connectivity index (χ3n) is 5.45. The summed E-state index contributed by atoms with van der Waals surface area (Å²) in [5.41, 5.74) is 3.65. The lowest BCUT2D eigenvalue weighted by atomic mass is 10.2. The summed E-state index contributed by atoms with van der Waals surface area (Å²) in [5.74, 6) is 0.783. The zero-order valence-corrected chi connectivity index (χ0v) is 20.1. The van der Waals surface area contributed by atoms with Gasteiger partial charge >= 0.3 is 0 Å². The van der Waals surface area contributed by atoms with Gasteiger partial charge in [-0.1, -0.05) is 38.1 Å². The normalized spacial score (nSPS) is 12.4. The van der Waals surface area contributed by atoms with E-state index in [2.05, 4.69) is 24.5 Å². The van der Waals surface area contributed by atoms with Gasteiger partial charge < -0.3 is 20.1 Å². The Morgan fingerprint density at radius 3 is 1.24 bits per heavy atom. The van der Waals surface area contributed by atoms with Crippen LogP contribution >= 0.6 is 0 Å². The summed E-state index contributed by atoms with van der Waals surface area (Å²) in [4.78, 5) is 25.0. The summed E-state index contributed by atoms with van der Waals surface area (Å²) in [5, 5.41) is 5.66. The van der Waals surface area contributed by atoms with Gasteiger partial charge in [0.1, 0.15) is 11.5 Å². The first-order chi connectivity index (χ1) is 16.4. The van der Waals surface area contributed by atoms with Crippen molar-refractivity contribution in [1.82, 2.24) is 0 Å². The van der Waals surface area contributed by atoms with Gasteiger partial charge in [-0.05, 0) is 86.3 Å². The summed E-state index contributed by atoms with van der Waals surface area (Å²) < 4.78 is 11.5. The molecule has 0 unspecified atom stereocenters. The predicted molar refractivity (Wildman–Crippen MR) is 136 cm³/mol. The molecule has 2 atom stereocenters. The van der Waals surface area contributed by atoms with Crippen LogP contribution in [0.5, 0.6) is 11.5 Å². The first kappa shape index (κ1) is 24.8. The summed E-state index contributed by atoms with van der Waals surface area (Å²) in [6.45, 7) is 7.58. The second kappa shape index (κ2) is 11.9. The van der Waals surface area contributed by atoms with Crippen LogP contribution in [0.15, 0.2) is 72.8 Å². The molecule has 3 aromatic rings. The zero-order valence-electron chi connectivity index (χ0n) is 20.1. The third kappa shape index (κ3) is 7.10. The molecule has 0 radical (unpaired) electrons. The van der Waals surface area contributed by atoms with Gasteiger partial charge in [0.2, 0.25) is 0 Å². The number of nitrogens with one attached hydrogen (secondary N) is 2. The Labute approximate surface area is 201 Å². The topological polar surface area (TPSA) is 76.7 Å². The Kier molecular flexibility index (Phi) is 8.68. The van der Waals surface area contributed by atoms with Crippen molar-refractivity contribution in [3.63, 3.8) is 0 Å². The van der Waals surface area contributed by atoms with Crippen LogP contribution in [-0.4, -0.2) is 24.0 Å². The predicted octanol–water partition coefficient (Wildman–Crippen LogP) is 5.62. The van der Waals surface area contributed by atoms with Crippen LogP contribution in [0, 0.1) is 0 Å². The average Bonchev–Trinajstić information content (AvgIpc) is 2.86. The van der Waals surface area contributed by atoms with Crippen LogP contribution in [0.4, 0.5) is 11.4 Å². The van der Waals surface area contributed by atoms with E-state index in [4.69, 9.17) is 9.47 Å². The molecular formula is C28H32N2O4. The number of rotatable bonds is 10. The Bertz CT molecular complexity index is 988. The summed E-state index contributed by atoms with van der Waals surface area (Å²) in [6, 6.07) is 22.3. The Hall–Kier alpha value is -3.80. The second-order valence-corrected chi connectivity index (χ2v) is 8.07. The summed E-state index contributed by atoms with van der Waals surface area (Å²) in [6.07, 6.45) is 0.587. The lowest BCUT2D eigenvalue weighted by Crippen LogP contribution is -2.30. The van der Waals surface area contributed by atoms with Gasteiger partial charge in [0.25, 0.3) is 11.8 Å². The van der Waals surface area contributed by atoms with Gasteiger partial charge in [-0.3, -0.25) is 9.59 Å². The maximum absolute atomic E-state index is 12.5. The molecule has 2 N–H and O–H groups in total. The number of aryl methyl sites for hydroxylation is 2. The van der Waals surface area contributed by atoms with Crippen molar-refractivity contribution < 1.29 is 19.1 Å². The molecule has 0 aromatic heterocycles. The molecule has 34 heavy (non-hydrogen) atoms. The van der Waals surface area contributed by atoms with E-state index in [1.807, 2.05) is 48.5 Å². The van der Waals surface area contributed by atoms with Gasteiger partial charge in [-0.2, -0.15) is 0 Å². The van der Waals surface area contributed by atoms with Crippen LogP contribution in [0.1, 0.15) is 38.8 Å². The maximum Gasteiger partial charge on any atom is 0.265 e. The van der Waals surface area contributed by atoms with E-state index in [9.17, 15) is 9.59 Å². The van der Waals surface area contributed by atoms with E-state index < -0.39 is 12.2 Å². The molecule has 0 saturated carbocycles. The number of amides is 2. The first-order valence-corrected chi connectivity index (χ1v) is 11.6. The highest BCUT2D eigenvalue weighted by Crippen LogP contribution is 2.18. The van der Waals surface area contributed by atoms with Crippen molar-refractivity contribution in [3.05, 3.63) is 83.9 Å². The molecule has 0 heterocycles. The van der Waals surface area contributed by atoms with Crippen molar-refractivity contribution in [1.29, 1.82) is 0 Å². The number of benzene rings is 3. The first-order valence-electron chi connectivity index (χ1n) is 11.6. The fraction of sp³-hybridized carbons (Fsp3) is 0.286. The van der Waals surface area contributed by atoms with Crippen LogP contribution in [0.2, 0.25) is 0 Å². The summed E-state index contributed by atoms with van der Waals surface area (Å²) in [7, 11) is 0. The molecule has 0 bridgehead atoms. The minimum Gasteiger partial charge on any atom is -0.481 e. The zero-order chi connectivity index (χ0) is 24.5. The van der Waals surface area contributed by atoms with Gasteiger partial charge in [0.15, 0.2) is 12.2 Å².